The molecule has 0 saturated carbocycles. The Morgan fingerprint density at radius 3 is 2.88 bits per heavy atom. The molecule has 0 atom stereocenters. The minimum atomic E-state index is 0.213. The van der Waals surface area contributed by atoms with Crippen LogP contribution in [0.25, 0.3) is 0 Å². The van der Waals surface area contributed by atoms with Crippen LogP contribution in [0, 0.1) is 0 Å². The van der Waals surface area contributed by atoms with Crippen molar-refractivity contribution in [3.8, 4) is 5.75 Å². The van der Waals surface area contributed by atoms with Crippen LogP contribution in [0.2, 0.25) is 5.02 Å². The Kier molecular flexibility index (Phi) is 6.23. The Morgan fingerprint density at radius 2 is 2.19 bits per heavy atom. The molecule has 0 aromatic heterocycles. The lowest BCUT2D eigenvalue weighted by atomic mass is 10.2. The number of halogens is 1. The van der Waals surface area contributed by atoms with E-state index in [1.807, 2.05) is 18.2 Å². The summed E-state index contributed by atoms with van der Waals surface area (Å²) in [7, 11) is 1.59. The van der Waals surface area contributed by atoms with E-state index in [0.29, 0.717) is 10.8 Å². The van der Waals surface area contributed by atoms with Crippen molar-refractivity contribution in [2.75, 3.05) is 20.4 Å². The van der Waals surface area contributed by atoms with Gasteiger partial charge in [-0.3, -0.25) is 0 Å². The smallest absolute Gasteiger partial charge is 0.188 e. The Bertz CT molecular complexity index is 318. The van der Waals surface area contributed by atoms with Crippen LogP contribution in [-0.4, -0.2) is 20.4 Å². The van der Waals surface area contributed by atoms with Crippen LogP contribution in [-0.2, 0) is 11.3 Å². The summed E-state index contributed by atoms with van der Waals surface area (Å²) < 4.78 is 10.3. The normalized spacial score (nSPS) is 10.4. The first-order chi connectivity index (χ1) is 7.79. The maximum absolute atomic E-state index is 6.07. The fourth-order valence-electron chi connectivity index (χ4n) is 1.37. The zero-order valence-corrected chi connectivity index (χ0v) is 10.5. The molecule has 0 amide bonds. The topological polar surface area (TPSA) is 30.5 Å². The fraction of sp³-hybridized carbons (Fsp3) is 0.500. The van der Waals surface area contributed by atoms with Gasteiger partial charge in [0.15, 0.2) is 6.79 Å². The predicted molar refractivity (Wildman–Crippen MR) is 66.0 cm³/mol. The summed E-state index contributed by atoms with van der Waals surface area (Å²) in [4.78, 5) is 0. The van der Waals surface area contributed by atoms with Crippen LogP contribution in [0.4, 0.5) is 0 Å². The molecule has 0 fully saturated rings. The van der Waals surface area contributed by atoms with Crippen molar-refractivity contribution >= 4 is 11.6 Å². The summed E-state index contributed by atoms with van der Waals surface area (Å²) in [5, 5.41) is 3.93. The van der Waals surface area contributed by atoms with E-state index in [2.05, 4.69) is 12.2 Å². The molecule has 0 aliphatic carbocycles. The molecule has 0 spiro atoms. The molecule has 0 saturated heterocycles. The summed E-state index contributed by atoms with van der Waals surface area (Å²) in [6, 6.07) is 5.74. The first-order valence-corrected chi connectivity index (χ1v) is 5.77. The van der Waals surface area contributed by atoms with Gasteiger partial charge in [0.1, 0.15) is 5.75 Å². The maximum Gasteiger partial charge on any atom is 0.188 e. The summed E-state index contributed by atoms with van der Waals surface area (Å²) in [5.74, 6) is 0.703. The van der Waals surface area contributed by atoms with E-state index in [-0.39, 0.29) is 6.79 Å². The second kappa shape index (κ2) is 7.49. The molecule has 90 valence electrons. The van der Waals surface area contributed by atoms with E-state index in [4.69, 9.17) is 21.1 Å². The van der Waals surface area contributed by atoms with Crippen LogP contribution in [0.1, 0.15) is 18.9 Å². The van der Waals surface area contributed by atoms with Crippen LogP contribution >= 0.6 is 11.6 Å². The van der Waals surface area contributed by atoms with E-state index in [1.54, 1.807) is 7.11 Å². The zero-order chi connectivity index (χ0) is 11.8. The van der Waals surface area contributed by atoms with Gasteiger partial charge in [-0.25, -0.2) is 0 Å². The zero-order valence-electron chi connectivity index (χ0n) is 9.75. The first-order valence-electron chi connectivity index (χ1n) is 5.39. The number of rotatable bonds is 7. The Morgan fingerprint density at radius 1 is 1.38 bits per heavy atom. The number of hydrogen-bond acceptors (Lipinski definition) is 3. The van der Waals surface area contributed by atoms with E-state index in [1.165, 1.54) is 0 Å². The second-order valence-corrected chi connectivity index (χ2v) is 3.86. The van der Waals surface area contributed by atoms with Gasteiger partial charge in [-0.2, -0.15) is 0 Å². The largest absolute Gasteiger partial charge is 0.466 e. The van der Waals surface area contributed by atoms with Crippen molar-refractivity contribution in [2.24, 2.45) is 0 Å². The standard InChI is InChI=1S/C12H18ClNO2/c1-3-7-14-8-10-5-4-6-11(13)12(10)16-9-15-2/h4-6,14H,3,7-9H2,1-2H3. The summed E-state index contributed by atoms with van der Waals surface area (Å²) >= 11 is 6.07. The van der Waals surface area contributed by atoms with Crippen LogP contribution < -0.4 is 10.1 Å². The molecule has 0 radical (unpaired) electrons. The van der Waals surface area contributed by atoms with Crippen LogP contribution in [0.15, 0.2) is 18.2 Å². The highest BCUT2D eigenvalue weighted by molar-refractivity contribution is 6.32. The molecule has 0 aliphatic rings. The number of nitrogens with one attached hydrogen (secondary N) is 1. The lowest BCUT2D eigenvalue weighted by Gasteiger charge is -2.12. The highest BCUT2D eigenvalue weighted by Crippen LogP contribution is 2.28. The lowest BCUT2D eigenvalue weighted by Crippen LogP contribution is -2.15. The summed E-state index contributed by atoms with van der Waals surface area (Å²) in [6.45, 7) is 4.08. The Balaban J connectivity index is 2.68. The minimum Gasteiger partial charge on any atom is -0.466 e. The monoisotopic (exact) mass is 243 g/mol. The number of hydrogen-bond donors (Lipinski definition) is 1. The van der Waals surface area contributed by atoms with Gasteiger partial charge in [0.05, 0.1) is 5.02 Å². The van der Waals surface area contributed by atoms with Crippen molar-refractivity contribution in [1.82, 2.24) is 5.32 Å². The highest BCUT2D eigenvalue weighted by Gasteiger charge is 2.07. The third-order valence-electron chi connectivity index (χ3n) is 2.11. The van der Waals surface area contributed by atoms with E-state index < -0.39 is 0 Å². The number of para-hydroxylation sites is 1. The SMILES string of the molecule is CCCNCc1cccc(Cl)c1OCOC. The van der Waals surface area contributed by atoms with Crippen molar-refractivity contribution in [2.45, 2.75) is 19.9 Å². The predicted octanol–water partition coefficient (Wildman–Crippen LogP) is 2.82. The van der Waals surface area contributed by atoms with E-state index in [0.717, 1.165) is 25.1 Å². The highest BCUT2D eigenvalue weighted by atomic mass is 35.5. The van der Waals surface area contributed by atoms with Crippen LogP contribution in [0.5, 0.6) is 5.75 Å². The number of methoxy groups -OCH3 is 1. The molecule has 0 aliphatic heterocycles. The molecule has 1 N–H and O–H groups in total. The first kappa shape index (κ1) is 13.3. The average Bonchev–Trinajstić information content (AvgIpc) is 2.28. The van der Waals surface area contributed by atoms with Gasteiger partial charge in [-0.1, -0.05) is 30.7 Å². The average molecular weight is 244 g/mol. The summed E-state index contributed by atoms with van der Waals surface area (Å²) in [6.07, 6.45) is 1.11. The van der Waals surface area contributed by atoms with Gasteiger partial charge in [0, 0.05) is 19.2 Å². The molecule has 4 heteroatoms. The third-order valence-corrected chi connectivity index (χ3v) is 2.41. The van der Waals surface area contributed by atoms with Crippen molar-refractivity contribution in [1.29, 1.82) is 0 Å². The molecule has 0 heterocycles. The number of ether oxygens (including phenoxy) is 2. The Labute approximate surface area is 102 Å². The molecular weight excluding hydrogens is 226 g/mol. The van der Waals surface area contributed by atoms with Gasteiger partial charge in [-0.15, -0.1) is 0 Å². The number of benzene rings is 1. The quantitative estimate of drug-likeness (QED) is 0.590. The molecule has 1 aromatic carbocycles. The van der Waals surface area contributed by atoms with Crippen molar-refractivity contribution in [3.05, 3.63) is 28.8 Å². The second-order valence-electron chi connectivity index (χ2n) is 3.46. The molecule has 3 nitrogen and oxygen atoms in total. The molecule has 1 aromatic rings. The maximum atomic E-state index is 6.07. The van der Waals surface area contributed by atoms with Gasteiger partial charge < -0.3 is 14.8 Å². The molecule has 1 rings (SSSR count). The lowest BCUT2D eigenvalue weighted by molar-refractivity contribution is 0.0504. The third kappa shape index (κ3) is 4.00. The minimum absolute atomic E-state index is 0.213. The van der Waals surface area contributed by atoms with E-state index in [9.17, 15) is 0 Å². The van der Waals surface area contributed by atoms with Crippen LogP contribution in [0.3, 0.4) is 0 Å². The molecule has 0 unspecified atom stereocenters. The van der Waals surface area contributed by atoms with Gasteiger partial charge in [0.2, 0.25) is 0 Å². The van der Waals surface area contributed by atoms with Gasteiger partial charge in [0.25, 0.3) is 0 Å². The molecule has 0 bridgehead atoms. The fourth-order valence-corrected chi connectivity index (χ4v) is 1.62. The van der Waals surface area contributed by atoms with Gasteiger partial charge >= 0.3 is 0 Å². The van der Waals surface area contributed by atoms with Gasteiger partial charge in [-0.05, 0) is 19.0 Å². The van der Waals surface area contributed by atoms with E-state index >= 15 is 0 Å². The Hall–Kier alpha value is -0.770. The molecule has 16 heavy (non-hydrogen) atoms. The van der Waals surface area contributed by atoms with Crippen molar-refractivity contribution < 1.29 is 9.47 Å². The molecular formula is C12H18ClNO2. The van der Waals surface area contributed by atoms with Crippen molar-refractivity contribution in [3.63, 3.8) is 0 Å². The summed E-state index contributed by atoms with van der Waals surface area (Å²) in [5.41, 5.74) is 1.05.